The van der Waals surface area contributed by atoms with Crippen molar-refractivity contribution in [2.45, 2.75) is 6.92 Å². The Labute approximate surface area is 141 Å². The highest BCUT2D eigenvalue weighted by Crippen LogP contribution is 2.34. The van der Waals surface area contributed by atoms with Gasteiger partial charge in [-0.15, -0.1) is 11.3 Å². The second-order valence-electron chi connectivity index (χ2n) is 5.20. The molecule has 114 valence electrons. The summed E-state index contributed by atoms with van der Waals surface area (Å²) < 4.78 is 1.80. The fourth-order valence-corrected chi connectivity index (χ4v) is 3.41. The van der Waals surface area contributed by atoms with Crippen molar-refractivity contribution in [2.75, 3.05) is 0 Å². The zero-order valence-electron chi connectivity index (χ0n) is 12.5. The summed E-state index contributed by atoms with van der Waals surface area (Å²) in [4.78, 5) is 14.2. The summed E-state index contributed by atoms with van der Waals surface area (Å²) in [6, 6.07) is 5.60. The second-order valence-corrected chi connectivity index (χ2v) is 6.83. The molecule has 0 amide bonds. The van der Waals surface area contributed by atoms with Crippen molar-refractivity contribution in [3.8, 4) is 21.7 Å². The van der Waals surface area contributed by atoms with Crippen LogP contribution in [0.3, 0.4) is 0 Å². The van der Waals surface area contributed by atoms with E-state index >= 15 is 0 Å². The van der Waals surface area contributed by atoms with Gasteiger partial charge in [0.1, 0.15) is 10.8 Å². The van der Waals surface area contributed by atoms with Gasteiger partial charge < -0.3 is 0 Å². The summed E-state index contributed by atoms with van der Waals surface area (Å²) in [6.07, 6.45) is 5.68. The number of aromatic nitrogens is 5. The number of rotatable bonds is 2. The van der Waals surface area contributed by atoms with E-state index < -0.39 is 0 Å². The molecule has 4 aromatic heterocycles. The highest BCUT2D eigenvalue weighted by Gasteiger charge is 2.15. The molecule has 0 radical (unpaired) electrons. The van der Waals surface area contributed by atoms with Crippen LogP contribution >= 0.6 is 22.9 Å². The minimum Gasteiger partial charge on any atom is -0.275 e. The molecular formula is C16H12ClN5S. The smallest absolute Gasteiger partial charge is 0.129 e. The van der Waals surface area contributed by atoms with Crippen LogP contribution in [0.15, 0.2) is 36.8 Å². The Bertz CT molecular complexity index is 1020. The van der Waals surface area contributed by atoms with Crippen LogP contribution in [-0.4, -0.2) is 24.7 Å². The van der Waals surface area contributed by atoms with Crippen molar-refractivity contribution >= 4 is 34.0 Å². The van der Waals surface area contributed by atoms with Crippen LogP contribution in [-0.2, 0) is 7.05 Å². The Morgan fingerprint density at radius 1 is 1.13 bits per heavy atom. The van der Waals surface area contributed by atoms with Crippen molar-refractivity contribution < 1.29 is 0 Å². The molecule has 23 heavy (non-hydrogen) atoms. The molecule has 0 spiro atoms. The number of hydrogen-bond donors (Lipinski definition) is 0. The molecule has 0 saturated heterocycles. The molecule has 0 fully saturated rings. The van der Waals surface area contributed by atoms with Crippen molar-refractivity contribution in [3.63, 3.8) is 0 Å². The summed E-state index contributed by atoms with van der Waals surface area (Å²) >= 11 is 7.61. The molecule has 0 bridgehead atoms. The average Bonchev–Trinajstić information content (AvgIpc) is 3.12. The lowest BCUT2D eigenvalue weighted by Gasteiger charge is -2.03. The maximum absolute atomic E-state index is 5.99. The summed E-state index contributed by atoms with van der Waals surface area (Å²) in [7, 11) is 1.91. The van der Waals surface area contributed by atoms with Crippen molar-refractivity contribution in [1.29, 1.82) is 0 Å². The summed E-state index contributed by atoms with van der Waals surface area (Å²) in [5.41, 5.74) is 4.46. The maximum atomic E-state index is 5.99. The van der Waals surface area contributed by atoms with Crippen LogP contribution in [0, 0.1) is 6.92 Å². The van der Waals surface area contributed by atoms with Gasteiger partial charge in [0.2, 0.25) is 0 Å². The quantitative estimate of drug-likeness (QED) is 0.515. The Balaban J connectivity index is 1.90. The molecular weight excluding hydrogens is 330 g/mol. The van der Waals surface area contributed by atoms with E-state index in [1.54, 1.807) is 22.1 Å². The molecule has 0 aliphatic rings. The molecule has 4 rings (SSSR count). The van der Waals surface area contributed by atoms with Crippen LogP contribution < -0.4 is 0 Å². The number of halogens is 1. The maximum Gasteiger partial charge on any atom is 0.129 e. The molecule has 0 aromatic carbocycles. The normalized spacial score (nSPS) is 11.3. The first kappa shape index (κ1) is 14.3. The lowest BCUT2D eigenvalue weighted by atomic mass is 10.1. The lowest BCUT2D eigenvalue weighted by molar-refractivity contribution is 0.771. The van der Waals surface area contributed by atoms with Gasteiger partial charge in [0, 0.05) is 36.8 Å². The molecule has 5 nitrogen and oxygen atoms in total. The van der Waals surface area contributed by atoms with Gasteiger partial charge in [-0.2, -0.15) is 5.10 Å². The largest absolute Gasteiger partial charge is 0.275 e. The number of nitrogens with zero attached hydrogens (tertiary/aromatic N) is 5. The zero-order valence-corrected chi connectivity index (χ0v) is 14.1. The Morgan fingerprint density at radius 3 is 2.78 bits per heavy atom. The van der Waals surface area contributed by atoms with Crippen molar-refractivity contribution in [2.24, 2.45) is 7.05 Å². The highest BCUT2D eigenvalue weighted by atomic mass is 35.5. The van der Waals surface area contributed by atoms with E-state index in [4.69, 9.17) is 11.6 Å². The van der Waals surface area contributed by atoms with E-state index in [-0.39, 0.29) is 0 Å². The van der Waals surface area contributed by atoms with Crippen LogP contribution in [0.25, 0.3) is 32.7 Å². The van der Waals surface area contributed by atoms with Gasteiger partial charge in [-0.1, -0.05) is 11.6 Å². The summed E-state index contributed by atoms with van der Waals surface area (Å²) in [5.74, 6) is 0. The number of aryl methyl sites for hydroxylation is 2. The van der Waals surface area contributed by atoms with E-state index in [2.05, 4.69) is 20.1 Å². The number of pyridine rings is 2. The third-order valence-corrected chi connectivity index (χ3v) is 4.63. The van der Waals surface area contributed by atoms with Gasteiger partial charge in [-0.3, -0.25) is 9.67 Å². The molecule has 4 aromatic rings. The van der Waals surface area contributed by atoms with Gasteiger partial charge in [-0.05, 0) is 25.1 Å². The number of thiazole rings is 1. The molecule has 0 saturated carbocycles. The minimum atomic E-state index is 0.459. The molecule has 0 aliphatic carbocycles. The molecule has 0 N–H and O–H groups in total. The average molecular weight is 342 g/mol. The van der Waals surface area contributed by atoms with E-state index in [0.717, 1.165) is 37.7 Å². The van der Waals surface area contributed by atoms with Crippen molar-refractivity contribution in [3.05, 3.63) is 47.0 Å². The molecule has 0 atom stereocenters. The summed E-state index contributed by atoms with van der Waals surface area (Å²) in [5, 5.41) is 6.06. The molecule has 4 heterocycles. The monoisotopic (exact) mass is 341 g/mol. The van der Waals surface area contributed by atoms with E-state index in [0.29, 0.717) is 5.15 Å². The number of hydrogen-bond acceptors (Lipinski definition) is 5. The topological polar surface area (TPSA) is 56.5 Å². The van der Waals surface area contributed by atoms with Gasteiger partial charge in [0.15, 0.2) is 0 Å². The lowest BCUT2D eigenvalue weighted by Crippen LogP contribution is -1.87. The van der Waals surface area contributed by atoms with Crippen LogP contribution in [0.2, 0.25) is 5.15 Å². The Morgan fingerprint density at radius 2 is 2.00 bits per heavy atom. The second kappa shape index (κ2) is 5.40. The van der Waals surface area contributed by atoms with Crippen LogP contribution in [0.4, 0.5) is 0 Å². The van der Waals surface area contributed by atoms with E-state index in [9.17, 15) is 0 Å². The Kier molecular flexibility index (Phi) is 3.36. The van der Waals surface area contributed by atoms with Gasteiger partial charge in [-0.25, -0.2) is 9.97 Å². The van der Waals surface area contributed by atoms with Gasteiger partial charge in [0.05, 0.1) is 20.9 Å². The molecule has 7 heteroatoms. The third-order valence-electron chi connectivity index (χ3n) is 3.50. The van der Waals surface area contributed by atoms with Crippen molar-refractivity contribution in [1.82, 2.24) is 24.7 Å². The van der Waals surface area contributed by atoms with E-state index in [1.165, 1.54) is 0 Å². The first-order valence-corrected chi connectivity index (χ1v) is 8.19. The fraction of sp³-hybridized carbons (Fsp3) is 0.125. The van der Waals surface area contributed by atoms with Crippen LogP contribution in [0.5, 0.6) is 0 Å². The highest BCUT2D eigenvalue weighted by molar-refractivity contribution is 7.15. The van der Waals surface area contributed by atoms with Crippen LogP contribution in [0.1, 0.15) is 5.01 Å². The zero-order chi connectivity index (χ0) is 16.0. The van der Waals surface area contributed by atoms with Gasteiger partial charge in [0.25, 0.3) is 0 Å². The predicted molar refractivity (Wildman–Crippen MR) is 92.6 cm³/mol. The molecule has 0 unspecified atom stereocenters. The molecule has 0 aliphatic heterocycles. The minimum absolute atomic E-state index is 0.459. The van der Waals surface area contributed by atoms with Gasteiger partial charge >= 0.3 is 0 Å². The standard InChI is InChI=1S/C16H12ClN5S/c1-9-18-7-14(23-9)16-11(8-22(2)21-16)10-5-13-12(19-6-10)3-4-15(17)20-13/h3-8H,1-2H3. The third kappa shape index (κ3) is 2.60. The fourth-order valence-electron chi connectivity index (χ4n) is 2.48. The SMILES string of the molecule is Cc1ncc(-c2nn(C)cc2-c2cnc3ccc(Cl)nc3c2)s1. The first-order chi connectivity index (χ1) is 11.1. The first-order valence-electron chi connectivity index (χ1n) is 6.99. The summed E-state index contributed by atoms with van der Waals surface area (Å²) in [6.45, 7) is 1.99. The predicted octanol–water partition coefficient (Wildman–Crippen LogP) is 4.12. The van der Waals surface area contributed by atoms with E-state index in [1.807, 2.05) is 44.7 Å². The Hall–Kier alpha value is -2.31. The number of fused-ring (bicyclic) bond motifs is 1.